The van der Waals surface area contributed by atoms with Crippen LogP contribution < -0.4 is 5.73 Å². The fourth-order valence-electron chi connectivity index (χ4n) is 3.46. The van der Waals surface area contributed by atoms with Gasteiger partial charge in [0.15, 0.2) is 10.0 Å². The highest BCUT2D eigenvalue weighted by atomic mass is 32.2. The Morgan fingerprint density at radius 3 is 3.14 bits per heavy atom. The number of hydrogen-bond donors (Lipinski definition) is 3. The number of fused-ring (bicyclic) bond motifs is 1. The largest absolute Gasteiger partial charge is 0.476 e. The van der Waals surface area contributed by atoms with Gasteiger partial charge in [0.1, 0.15) is 0 Å². The molecule has 0 bridgehead atoms. The van der Waals surface area contributed by atoms with Crippen molar-refractivity contribution in [3.8, 4) is 0 Å². The van der Waals surface area contributed by atoms with Gasteiger partial charge in [0.2, 0.25) is 5.91 Å². The van der Waals surface area contributed by atoms with Gasteiger partial charge in [-0.15, -0.1) is 11.3 Å². The number of thiazole rings is 1. The molecule has 0 aliphatic carbocycles. The number of carboxylic acid groups (broad SMARTS) is 1. The minimum absolute atomic E-state index is 0.0545. The smallest absolute Gasteiger partial charge is 0.355 e. The molecular weight excluding hydrogens is 398 g/mol. The second-order valence-corrected chi connectivity index (χ2v) is 8.79. The molecule has 2 aromatic heterocycles. The number of aromatic nitrogens is 3. The number of aromatic carboxylic acids is 1. The van der Waals surface area contributed by atoms with Crippen molar-refractivity contribution in [2.75, 3.05) is 12.3 Å². The molecular formula is C18H19N5O3S2. The first-order valence-electron chi connectivity index (χ1n) is 8.82. The molecule has 0 radical (unpaired) electrons. The molecule has 28 heavy (non-hydrogen) atoms. The van der Waals surface area contributed by atoms with Crippen molar-refractivity contribution >= 4 is 45.9 Å². The molecule has 3 heterocycles. The summed E-state index contributed by atoms with van der Waals surface area (Å²) in [6.07, 6.45) is 2.99. The van der Waals surface area contributed by atoms with Crippen LogP contribution in [-0.2, 0) is 4.79 Å². The molecule has 10 heteroatoms. The second kappa shape index (κ2) is 7.90. The maximum atomic E-state index is 12.4. The lowest BCUT2D eigenvalue weighted by molar-refractivity contribution is -0.128. The minimum atomic E-state index is -1.03. The molecule has 8 nitrogen and oxygen atoms in total. The maximum Gasteiger partial charge on any atom is 0.355 e. The van der Waals surface area contributed by atoms with Crippen LogP contribution in [0.4, 0.5) is 0 Å². The summed E-state index contributed by atoms with van der Waals surface area (Å²) in [4.78, 5) is 29.2. The number of rotatable bonds is 7. The summed E-state index contributed by atoms with van der Waals surface area (Å²) in [6.45, 7) is 0.552. The molecule has 1 amide bonds. The first kappa shape index (κ1) is 18.9. The standard InChI is InChI=1S/C18H19N5O3S2/c19-16(10-1-2-11-8-20-22-12(11)7-10)14-3-4-15(24)23(14)5-6-27-18-21-13(9-28-18)17(25)26/h1-2,7-9,14,16H,3-6,19H2,(H,20,22)(H,25,26)/t14-,16?/m1/s1. The van der Waals surface area contributed by atoms with E-state index in [4.69, 9.17) is 10.8 Å². The zero-order valence-electron chi connectivity index (χ0n) is 14.9. The van der Waals surface area contributed by atoms with Crippen molar-refractivity contribution in [2.45, 2.75) is 29.3 Å². The van der Waals surface area contributed by atoms with Crippen LogP contribution in [0.25, 0.3) is 10.9 Å². The van der Waals surface area contributed by atoms with Crippen LogP contribution in [0.2, 0.25) is 0 Å². The number of likely N-dealkylation sites (tertiary alicyclic amines) is 1. The summed E-state index contributed by atoms with van der Waals surface area (Å²) in [5, 5.41) is 18.5. The third-order valence-corrected chi connectivity index (χ3v) is 6.90. The molecule has 0 saturated carbocycles. The van der Waals surface area contributed by atoms with Gasteiger partial charge in [0.05, 0.1) is 23.8 Å². The molecule has 1 aromatic carbocycles. The monoisotopic (exact) mass is 417 g/mol. The third kappa shape index (κ3) is 3.75. The van der Waals surface area contributed by atoms with Gasteiger partial charge in [0, 0.05) is 29.5 Å². The van der Waals surface area contributed by atoms with Crippen molar-refractivity contribution in [1.29, 1.82) is 0 Å². The number of hydrogen-bond acceptors (Lipinski definition) is 7. The Morgan fingerprint density at radius 2 is 2.36 bits per heavy atom. The molecule has 1 aliphatic heterocycles. The topological polar surface area (TPSA) is 125 Å². The Kier molecular flexibility index (Phi) is 5.33. The Balaban J connectivity index is 1.41. The lowest BCUT2D eigenvalue weighted by Crippen LogP contribution is -2.41. The van der Waals surface area contributed by atoms with Crippen LogP contribution in [0.1, 0.15) is 34.9 Å². The predicted octanol–water partition coefficient (Wildman–Crippen LogP) is 2.50. The van der Waals surface area contributed by atoms with Crippen molar-refractivity contribution in [3.63, 3.8) is 0 Å². The number of nitrogens with two attached hydrogens (primary N) is 1. The van der Waals surface area contributed by atoms with Crippen LogP contribution >= 0.6 is 23.1 Å². The number of nitrogens with zero attached hydrogens (tertiary/aromatic N) is 3. The molecule has 1 unspecified atom stereocenters. The summed E-state index contributed by atoms with van der Waals surface area (Å²) < 4.78 is 0.689. The number of H-pyrrole nitrogens is 1. The second-order valence-electron chi connectivity index (χ2n) is 6.59. The number of aromatic amines is 1. The fraction of sp³-hybridized carbons (Fsp3) is 0.333. The number of carbonyl (C=O) groups is 2. The van der Waals surface area contributed by atoms with Crippen molar-refractivity contribution in [3.05, 3.63) is 41.0 Å². The van der Waals surface area contributed by atoms with E-state index < -0.39 is 5.97 Å². The van der Waals surface area contributed by atoms with Crippen LogP contribution in [-0.4, -0.2) is 55.4 Å². The first-order valence-corrected chi connectivity index (χ1v) is 10.7. The van der Waals surface area contributed by atoms with E-state index in [0.717, 1.165) is 22.9 Å². The normalized spacial score (nSPS) is 18.1. The summed E-state index contributed by atoms with van der Waals surface area (Å²) in [5.41, 5.74) is 8.48. The van der Waals surface area contributed by atoms with E-state index in [1.807, 2.05) is 23.1 Å². The van der Waals surface area contributed by atoms with Crippen LogP contribution in [0, 0.1) is 0 Å². The van der Waals surface area contributed by atoms with E-state index in [2.05, 4.69) is 15.2 Å². The van der Waals surface area contributed by atoms with E-state index in [0.29, 0.717) is 23.1 Å². The van der Waals surface area contributed by atoms with Gasteiger partial charge in [-0.1, -0.05) is 23.9 Å². The summed E-state index contributed by atoms with van der Waals surface area (Å²) in [7, 11) is 0. The van der Waals surface area contributed by atoms with Gasteiger partial charge in [-0.25, -0.2) is 9.78 Å². The number of amides is 1. The molecule has 1 aliphatic rings. The van der Waals surface area contributed by atoms with Gasteiger partial charge >= 0.3 is 5.97 Å². The van der Waals surface area contributed by atoms with E-state index in [1.165, 1.54) is 28.5 Å². The Labute approximate surface area is 169 Å². The van der Waals surface area contributed by atoms with E-state index >= 15 is 0 Å². The fourth-order valence-corrected chi connectivity index (χ4v) is 5.27. The highest BCUT2D eigenvalue weighted by Crippen LogP contribution is 2.31. The third-order valence-electron chi connectivity index (χ3n) is 4.90. The van der Waals surface area contributed by atoms with Gasteiger partial charge < -0.3 is 15.7 Å². The molecule has 3 aromatic rings. The van der Waals surface area contributed by atoms with Gasteiger partial charge in [-0.3, -0.25) is 9.89 Å². The average Bonchev–Trinajstić information content (AvgIpc) is 3.41. The Hall–Kier alpha value is -2.43. The molecule has 2 atom stereocenters. The van der Waals surface area contributed by atoms with Crippen LogP contribution in [0.15, 0.2) is 34.1 Å². The average molecular weight is 418 g/mol. The zero-order valence-corrected chi connectivity index (χ0v) is 16.5. The van der Waals surface area contributed by atoms with Crippen LogP contribution in [0.3, 0.4) is 0 Å². The van der Waals surface area contributed by atoms with Gasteiger partial charge in [-0.05, 0) is 18.1 Å². The molecule has 1 saturated heterocycles. The highest BCUT2D eigenvalue weighted by Gasteiger charge is 2.35. The predicted molar refractivity (Wildman–Crippen MR) is 108 cm³/mol. The SMILES string of the molecule is NC(c1ccc2cn[nH]c2c1)[C@H]1CCC(=O)N1CCSc1nc(C(=O)O)cs1. The van der Waals surface area contributed by atoms with E-state index in [1.54, 1.807) is 6.20 Å². The van der Waals surface area contributed by atoms with Crippen molar-refractivity contribution in [1.82, 2.24) is 20.1 Å². The first-order chi connectivity index (χ1) is 13.5. The van der Waals surface area contributed by atoms with E-state index in [9.17, 15) is 9.59 Å². The lowest BCUT2D eigenvalue weighted by Gasteiger charge is -2.29. The number of benzene rings is 1. The van der Waals surface area contributed by atoms with E-state index in [-0.39, 0.29) is 23.7 Å². The molecule has 146 valence electrons. The van der Waals surface area contributed by atoms with Gasteiger partial charge in [0.25, 0.3) is 0 Å². The lowest BCUT2D eigenvalue weighted by atomic mass is 9.97. The Morgan fingerprint density at radius 1 is 1.50 bits per heavy atom. The zero-order chi connectivity index (χ0) is 19.7. The number of thioether (sulfide) groups is 1. The summed E-state index contributed by atoms with van der Waals surface area (Å²) in [5.74, 6) is -0.284. The quantitative estimate of drug-likeness (QED) is 0.504. The van der Waals surface area contributed by atoms with Crippen LogP contribution in [0.5, 0.6) is 0 Å². The number of nitrogens with one attached hydrogen (secondary N) is 1. The molecule has 0 spiro atoms. The van der Waals surface area contributed by atoms with Crippen molar-refractivity contribution in [2.24, 2.45) is 5.73 Å². The number of carboxylic acids is 1. The van der Waals surface area contributed by atoms with Crippen molar-refractivity contribution < 1.29 is 14.7 Å². The number of carbonyl (C=O) groups excluding carboxylic acids is 1. The Bertz CT molecular complexity index is 1020. The van der Waals surface area contributed by atoms with Gasteiger partial charge in [-0.2, -0.15) is 5.10 Å². The molecule has 1 fully saturated rings. The summed E-state index contributed by atoms with van der Waals surface area (Å²) >= 11 is 2.76. The molecule has 4 N–H and O–H groups in total. The summed E-state index contributed by atoms with van der Waals surface area (Å²) in [6, 6.07) is 5.63. The molecule has 4 rings (SSSR count). The maximum absolute atomic E-state index is 12.4. The highest BCUT2D eigenvalue weighted by molar-refractivity contribution is 8.01. The minimum Gasteiger partial charge on any atom is -0.476 e.